The van der Waals surface area contributed by atoms with Crippen LogP contribution < -0.4 is 0 Å². The Balaban J connectivity index is 3.11. The fraction of sp³-hybridized carbons (Fsp3) is 0.500. The molecule has 1 atom stereocenters. The third-order valence-electron chi connectivity index (χ3n) is 5.25. The molecule has 0 radical (unpaired) electrons. The molecule has 0 saturated carbocycles. The summed E-state index contributed by atoms with van der Waals surface area (Å²) in [6.45, 7) is -1.43. The summed E-state index contributed by atoms with van der Waals surface area (Å²) >= 11 is 0. The predicted molar refractivity (Wildman–Crippen MR) is 127 cm³/mol. The summed E-state index contributed by atoms with van der Waals surface area (Å²) in [4.78, 5) is 69.7. The highest BCUT2D eigenvalue weighted by atomic mass is 16.6. The number of benzene rings is 1. The molecule has 210 valence electrons. The molecular formula is C22H30N4O12. The molecule has 16 heteroatoms. The van der Waals surface area contributed by atoms with E-state index in [0.29, 0.717) is 5.56 Å². The van der Waals surface area contributed by atoms with Gasteiger partial charge < -0.3 is 24.8 Å². The first-order valence-corrected chi connectivity index (χ1v) is 11.2. The zero-order valence-electron chi connectivity index (χ0n) is 20.4. The molecule has 1 unspecified atom stereocenters. The minimum Gasteiger partial charge on any atom is -0.480 e. The van der Waals surface area contributed by atoms with Crippen molar-refractivity contribution in [2.75, 3.05) is 52.7 Å². The lowest BCUT2D eigenvalue weighted by Crippen LogP contribution is -2.48. The van der Waals surface area contributed by atoms with E-state index in [-0.39, 0.29) is 64.6 Å². The van der Waals surface area contributed by atoms with Gasteiger partial charge in [0.1, 0.15) is 13.5 Å². The first-order valence-electron chi connectivity index (χ1n) is 11.2. The average molecular weight is 542 g/mol. The van der Waals surface area contributed by atoms with Crippen LogP contribution in [-0.4, -0.2) is 125 Å². The summed E-state index contributed by atoms with van der Waals surface area (Å²) in [5.74, 6) is -3.58. The predicted octanol–water partition coefficient (Wildman–Crippen LogP) is -0.683. The molecular weight excluding hydrogens is 512 g/mol. The highest BCUT2D eigenvalue weighted by Crippen LogP contribution is 2.16. The van der Waals surface area contributed by atoms with Gasteiger partial charge in [-0.1, -0.05) is 12.1 Å². The Labute approximate surface area is 217 Å². The number of carbonyl (C=O) groups excluding carboxylic acids is 2. The van der Waals surface area contributed by atoms with Gasteiger partial charge in [-0.2, -0.15) is 0 Å². The van der Waals surface area contributed by atoms with E-state index in [1.807, 2.05) is 0 Å². The third kappa shape index (κ3) is 13.2. The second kappa shape index (κ2) is 17.3. The molecule has 1 rings (SSSR count). The normalized spacial score (nSPS) is 11.8. The Bertz CT molecular complexity index is 915. The number of nitrogens with zero attached hydrogens (tertiary/aromatic N) is 4. The molecule has 0 fully saturated rings. The molecule has 38 heavy (non-hydrogen) atoms. The minimum atomic E-state index is -1.21. The van der Waals surface area contributed by atoms with Crippen molar-refractivity contribution in [2.24, 2.45) is 0 Å². The van der Waals surface area contributed by atoms with Crippen LogP contribution in [-0.2, 0) is 39.9 Å². The van der Waals surface area contributed by atoms with Gasteiger partial charge in [0.05, 0.1) is 24.6 Å². The first kappa shape index (κ1) is 31.9. The van der Waals surface area contributed by atoms with Gasteiger partial charge in [0.15, 0.2) is 0 Å². The van der Waals surface area contributed by atoms with Gasteiger partial charge in [-0.3, -0.25) is 43.9 Å². The van der Waals surface area contributed by atoms with E-state index in [1.165, 1.54) is 39.0 Å². The second-order valence-electron chi connectivity index (χ2n) is 8.13. The van der Waals surface area contributed by atoms with Crippen molar-refractivity contribution >= 4 is 36.5 Å². The summed E-state index contributed by atoms with van der Waals surface area (Å²) in [7, 11) is 0. The second-order valence-corrected chi connectivity index (χ2v) is 8.13. The van der Waals surface area contributed by atoms with E-state index >= 15 is 0 Å². The van der Waals surface area contributed by atoms with Crippen LogP contribution in [0.5, 0.6) is 0 Å². The molecule has 0 aromatic heterocycles. The SMILES string of the molecule is O=COCN(COC=O)C(Cc1ccc([N+](=O)[O-])cc1)CN(CCCN(CC(=O)O)CC(=O)O)CC(=O)O. The molecule has 3 N–H and O–H groups in total. The molecule has 0 aliphatic heterocycles. The van der Waals surface area contributed by atoms with E-state index in [2.05, 4.69) is 0 Å². The molecule has 1 aromatic rings. The van der Waals surface area contributed by atoms with Crippen LogP contribution in [0, 0.1) is 10.1 Å². The lowest BCUT2D eigenvalue weighted by Gasteiger charge is -2.34. The fourth-order valence-corrected chi connectivity index (χ4v) is 3.67. The lowest BCUT2D eigenvalue weighted by molar-refractivity contribution is -0.384. The highest BCUT2D eigenvalue weighted by molar-refractivity contribution is 5.72. The minimum absolute atomic E-state index is 0.0472. The monoisotopic (exact) mass is 542 g/mol. The maximum atomic E-state index is 11.5. The quantitative estimate of drug-likeness (QED) is 0.0715. The van der Waals surface area contributed by atoms with E-state index in [1.54, 1.807) is 0 Å². The van der Waals surface area contributed by atoms with Crippen LogP contribution in [0.2, 0.25) is 0 Å². The van der Waals surface area contributed by atoms with E-state index in [9.17, 15) is 39.2 Å². The number of hydrogen-bond acceptors (Lipinski definition) is 12. The van der Waals surface area contributed by atoms with Crippen LogP contribution in [0.15, 0.2) is 24.3 Å². The molecule has 16 nitrogen and oxygen atoms in total. The van der Waals surface area contributed by atoms with Crippen LogP contribution in [0.3, 0.4) is 0 Å². The molecule has 0 aliphatic rings. The number of carbonyl (C=O) groups is 5. The Kier molecular flexibility index (Phi) is 14.5. The molecule has 0 amide bonds. The number of non-ortho nitro benzene ring substituents is 1. The highest BCUT2D eigenvalue weighted by Gasteiger charge is 2.25. The van der Waals surface area contributed by atoms with Crippen molar-refractivity contribution in [3.8, 4) is 0 Å². The number of rotatable bonds is 22. The van der Waals surface area contributed by atoms with Crippen LogP contribution in [0.25, 0.3) is 0 Å². The van der Waals surface area contributed by atoms with E-state index in [0.717, 1.165) is 0 Å². The largest absolute Gasteiger partial charge is 0.480 e. The molecule has 0 spiro atoms. The molecule has 1 aromatic carbocycles. The molecule has 0 saturated heterocycles. The number of ether oxygens (including phenoxy) is 2. The Hall–Kier alpha value is -4.15. The third-order valence-corrected chi connectivity index (χ3v) is 5.25. The Morgan fingerprint density at radius 3 is 1.79 bits per heavy atom. The van der Waals surface area contributed by atoms with Gasteiger partial charge in [-0.25, -0.2) is 4.90 Å². The van der Waals surface area contributed by atoms with E-state index < -0.39 is 48.5 Å². The summed E-state index contributed by atoms with van der Waals surface area (Å²) in [6.07, 6.45) is 0.427. The van der Waals surface area contributed by atoms with Crippen molar-refractivity contribution in [1.29, 1.82) is 0 Å². The summed E-state index contributed by atoms with van der Waals surface area (Å²) in [6, 6.07) is 5.03. The van der Waals surface area contributed by atoms with Crippen molar-refractivity contribution in [3.63, 3.8) is 0 Å². The zero-order valence-corrected chi connectivity index (χ0v) is 20.4. The first-order chi connectivity index (χ1) is 18.0. The van der Waals surface area contributed by atoms with Gasteiger partial charge in [-0.15, -0.1) is 0 Å². The summed E-state index contributed by atoms with van der Waals surface area (Å²) in [5, 5.41) is 38.4. The maximum absolute atomic E-state index is 11.5. The Morgan fingerprint density at radius 2 is 1.34 bits per heavy atom. The van der Waals surface area contributed by atoms with Gasteiger partial charge in [0.2, 0.25) is 0 Å². The van der Waals surface area contributed by atoms with Crippen LogP contribution in [0.1, 0.15) is 12.0 Å². The molecule has 0 heterocycles. The van der Waals surface area contributed by atoms with Crippen molar-refractivity contribution in [2.45, 2.75) is 18.9 Å². The molecule has 0 aliphatic carbocycles. The topological polar surface area (TPSA) is 217 Å². The maximum Gasteiger partial charge on any atom is 0.317 e. The summed E-state index contributed by atoms with van der Waals surface area (Å²) < 4.78 is 9.64. The van der Waals surface area contributed by atoms with Crippen molar-refractivity contribution in [3.05, 3.63) is 39.9 Å². The summed E-state index contributed by atoms with van der Waals surface area (Å²) in [5.41, 5.74) is 0.502. The van der Waals surface area contributed by atoms with E-state index in [4.69, 9.17) is 19.7 Å². The zero-order chi connectivity index (χ0) is 28.5. The lowest BCUT2D eigenvalue weighted by atomic mass is 10.0. The average Bonchev–Trinajstić information content (AvgIpc) is 2.83. The number of carboxylic acids is 3. The molecule has 0 bridgehead atoms. The number of hydrogen-bond donors (Lipinski definition) is 3. The number of aliphatic carboxylic acids is 3. The van der Waals surface area contributed by atoms with Gasteiger partial charge >= 0.3 is 17.9 Å². The van der Waals surface area contributed by atoms with Crippen LogP contribution in [0.4, 0.5) is 5.69 Å². The van der Waals surface area contributed by atoms with Crippen molar-refractivity contribution < 1.29 is 53.7 Å². The Morgan fingerprint density at radius 1 is 0.868 bits per heavy atom. The van der Waals surface area contributed by atoms with Gasteiger partial charge in [0, 0.05) is 37.8 Å². The number of nitro benzene ring substituents is 1. The smallest absolute Gasteiger partial charge is 0.317 e. The standard InChI is InChI=1S/C22H30N4O12/c27-15-37-13-25(14-38-16-28)19(8-17-2-4-18(5-3-17)26(35)36)9-23(10-20(29)30)6-1-7-24(11-21(31)32)12-22(33)34/h2-5,15-16,19H,1,6-14H2,(H,29,30)(H,31,32)(H,33,34). The number of nitro groups is 1. The van der Waals surface area contributed by atoms with Gasteiger partial charge in [0.25, 0.3) is 18.6 Å². The van der Waals surface area contributed by atoms with Gasteiger partial charge in [-0.05, 0) is 18.4 Å². The number of carboxylic acid groups (broad SMARTS) is 3. The fourth-order valence-electron chi connectivity index (χ4n) is 3.67. The van der Waals surface area contributed by atoms with Crippen LogP contribution >= 0.6 is 0 Å². The van der Waals surface area contributed by atoms with Crippen molar-refractivity contribution in [1.82, 2.24) is 14.7 Å².